The molecule has 0 aliphatic carbocycles. The number of hydrogen-bond donors (Lipinski definition) is 0. The summed E-state index contributed by atoms with van der Waals surface area (Å²) in [5, 5.41) is 0. The highest BCUT2D eigenvalue weighted by Crippen LogP contribution is 2.45. The van der Waals surface area contributed by atoms with Crippen molar-refractivity contribution in [2.24, 2.45) is 11.8 Å². The number of aromatic nitrogens is 1. The third-order valence-corrected chi connectivity index (χ3v) is 5.81. The molecular formula is C21H25N3O. The lowest BCUT2D eigenvalue weighted by Gasteiger charge is -2.28. The van der Waals surface area contributed by atoms with Crippen molar-refractivity contribution < 1.29 is 4.79 Å². The molecule has 1 amide bonds. The minimum atomic E-state index is 0.122. The van der Waals surface area contributed by atoms with E-state index in [2.05, 4.69) is 48.1 Å². The molecule has 2 aromatic rings. The molecule has 4 heteroatoms. The Bertz CT molecular complexity index is 803. The zero-order valence-electron chi connectivity index (χ0n) is 15.1. The molecule has 0 unspecified atom stereocenters. The van der Waals surface area contributed by atoms with Crippen molar-refractivity contribution in [1.29, 1.82) is 0 Å². The van der Waals surface area contributed by atoms with Gasteiger partial charge in [-0.25, -0.2) is 0 Å². The summed E-state index contributed by atoms with van der Waals surface area (Å²) >= 11 is 0. The van der Waals surface area contributed by atoms with E-state index in [0.717, 1.165) is 25.2 Å². The van der Waals surface area contributed by atoms with Gasteiger partial charge in [0.1, 0.15) is 0 Å². The normalized spacial score (nSPS) is 26.0. The predicted octanol–water partition coefficient (Wildman–Crippen LogP) is 3.07. The molecule has 2 aliphatic rings. The molecule has 2 saturated heterocycles. The third kappa shape index (κ3) is 2.85. The topological polar surface area (TPSA) is 36.4 Å². The first kappa shape index (κ1) is 16.3. The van der Waals surface area contributed by atoms with Crippen LogP contribution >= 0.6 is 0 Å². The number of amides is 1. The maximum absolute atomic E-state index is 12.9. The van der Waals surface area contributed by atoms with E-state index in [1.165, 1.54) is 11.1 Å². The molecule has 0 N–H and O–H groups in total. The second-order valence-corrected chi connectivity index (χ2v) is 7.63. The van der Waals surface area contributed by atoms with Crippen LogP contribution in [0.15, 0.2) is 42.7 Å². The van der Waals surface area contributed by atoms with Crippen molar-refractivity contribution in [3.8, 4) is 0 Å². The quantitative estimate of drug-likeness (QED) is 0.846. The highest BCUT2D eigenvalue weighted by atomic mass is 16.2. The van der Waals surface area contributed by atoms with Gasteiger partial charge in [-0.15, -0.1) is 0 Å². The number of hydrogen-bond acceptors (Lipinski definition) is 3. The first-order valence-corrected chi connectivity index (χ1v) is 9.01. The molecule has 4 rings (SSSR count). The number of nitrogens with zero attached hydrogens (tertiary/aromatic N) is 3. The van der Waals surface area contributed by atoms with Crippen LogP contribution in [0.2, 0.25) is 0 Å². The van der Waals surface area contributed by atoms with Gasteiger partial charge < -0.3 is 4.90 Å². The number of likely N-dealkylation sites (tertiary alicyclic amines) is 2. The lowest BCUT2D eigenvalue weighted by molar-refractivity contribution is 0.0767. The zero-order valence-corrected chi connectivity index (χ0v) is 15.1. The Balaban J connectivity index is 1.57. The number of carbonyl (C=O) groups excluding carboxylic acids is 1. The second-order valence-electron chi connectivity index (χ2n) is 7.63. The van der Waals surface area contributed by atoms with Crippen LogP contribution < -0.4 is 0 Å². The largest absolute Gasteiger partial charge is 0.338 e. The number of carbonyl (C=O) groups is 1. The van der Waals surface area contributed by atoms with Gasteiger partial charge in [-0.3, -0.25) is 14.7 Å². The molecule has 0 radical (unpaired) electrons. The standard InChI is InChI=1S/C21H25N3O/c1-14-8-16(10-22-9-14)21(25)24-12-17-11-23(3)20(19(17)13-24)18-7-5-4-6-15(18)2/h4-10,17,19-20H,11-13H2,1-3H3/t17-,19+,20-/m0/s1. The number of aryl methyl sites for hydroxylation is 2. The first-order chi connectivity index (χ1) is 12.0. The SMILES string of the molecule is Cc1cncc(C(=O)N2C[C@@H]3CN(C)[C@@H](c4ccccc4C)[C@@H]3C2)c1. The number of rotatable bonds is 2. The van der Waals surface area contributed by atoms with Gasteiger partial charge in [0.05, 0.1) is 5.56 Å². The van der Waals surface area contributed by atoms with E-state index in [4.69, 9.17) is 0 Å². The monoisotopic (exact) mass is 335 g/mol. The average Bonchev–Trinajstić information content (AvgIpc) is 3.12. The van der Waals surface area contributed by atoms with Gasteiger partial charge in [0.2, 0.25) is 0 Å². The minimum Gasteiger partial charge on any atom is -0.338 e. The number of pyridine rings is 1. The van der Waals surface area contributed by atoms with E-state index >= 15 is 0 Å². The predicted molar refractivity (Wildman–Crippen MR) is 98.4 cm³/mol. The summed E-state index contributed by atoms with van der Waals surface area (Å²) < 4.78 is 0. The Labute approximate surface area is 149 Å². The summed E-state index contributed by atoms with van der Waals surface area (Å²) in [5.41, 5.74) is 4.49. The Morgan fingerprint density at radius 2 is 1.92 bits per heavy atom. The molecule has 3 heterocycles. The summed E-state index contributed by atoms with van der Waals surface area (Å²) in [6.07, 6.45) is 3.48. The van der Waals surface area contributed by atoms with Crippen molar-refractivity contribution in [2.45, 2.75) is 19.9 Å². The van der Waals surface area contributed by atoms with Gasteiger partial charge in [0, 0.05) is 44.0 Å². The highest BCUT2D eigenvalue weighted by molar-refractivity contribution is 5.94. The van der Waals surface area contributed by atoms with Crippen molar-refractivity contribution >= 4 is 5.91 Å². The van der Waals surface area contributed by atoms with Gasteiger partial charge >= 0.3 is 0 Å². The summed E-state index contributed by atoms with van der Waals surface area (Å²) in [4.78, 5) is 21.6. The first-order valence-electron chi connectivity index (χ1n) is 9.01. The molecule has 1 aromatic heterocycles. The summed E-state index contributed by atoms with van der Waals surface area (Å²) in [7, 11) is 2.21. The number of benzene rings is 1. The van der Waals surface area contributed by atoms with Crippen molar-refractivity contribution in [3.05, 3.63) is 65.0 Å². The van der Waals surface area contributed by atoms with Crippen LogP contribution in [0, 0.1) is 25.7 Å². The fourth-order valence-electron chi connectivity index (χ4n) is 4.66. The Morgan fingerprint density at radius 3 is 2.68 bits per heavy atom. The summed E-state index contributed by atoms with van der Waals surface area (Å²) in [5.74, 6) is 1.18. The third-order valence-electron chi connectivity index (χ3n) is 5.81. The Morgan fingerprint density at radius 1 is 1.12 bits per heavy atom. The lowest BCUT2D eigenvalue weighted by atomic mass is 9.88. The molecule has 3 atom stereocenters. The minimum absolute atomic E-state index is 0.122. The van der Waals surface area contributed by atoms with Crippen molar-refractivity contribution in [2.75, 3.05) is 26.7 Å². The fraction of sp³-hybridized carbons (Fsp3) is 0.429. The Kier molecular flexibility index (Phi) is 4.08. The fourth-order valence-corrected chi connectivity index (χ4v) is 4.66. The molecule has 1 aromatic carbocycles. The van der Waals surface area contributed by atoms with Crippen LogP contribution in [0.4, 0.5) is 0 Å². The maximum Gasteiger partial charge on any atom is 0.255 e. The van der Waals surface area contributed by atoms with E-state index in [0.29, 0.717) is 23.4 Å². The van der Waals surface area contributed by atoms with Gasteiger partial charge in [-0.05, 0) is 49.6 Å². The van der Waals surface area contributed by atoms with Crippen LogP contribution in [-0.2, 0) is 0 Å². The van der Waals surface area contributed by atoms with Gasteiger partial charge in [0.25, 0.3) is 5.91 Å². The van der Waals surface area contributed by atoms with Crippen molar-refractivity contribution in [3.63, 3.8) is 0 Å². The Hall–Kier alpha value is -2.20. The second kappa shape index (κ2) is 6.26. The van der Waals surface area contributed by atoms with Crippen LogP contribution in [0.5, 0.6) is 0 Å². The molecular weight excluding hydrogens is 310 g/mol. The molecule has 2 aliphatic heterocycles. The lowest BCUT2D eigenvalue weighted by Crippen LogP contribution is -2.33. The molecule has 0 bridgehead atoms. The maximum atomic E-state index is 12.9. The van der Waals surface area contributed by atoms with E-state index in [-0.39, 0.29) is 5.91 Å². The smallest absolute Gasteiger partial charge is 0.255 e. The molecule has 130 valence electrons. The molecule has 4 nitrogen and oxygen atoms in total. The van der Waals surface area contributed by atoms with E-state index in [1.807, 2.05) is 17.9 Å². The van der Waals surface area contributed by atoms with E-state index in [1.54, 1.807) is 12.4 Å². The van der Waals surface area contributed by atoms with Gasteiger partial charge in [-0.1, -0.05) is 24.3 Å². The van der Waals surface area contributed by atoms with Gasteiger partial charge in [0.15, 0.2) is 0 Å². The van der Waals surface area contributed by atoms with Crippen LogP contribution in [-0.4, -0.2) is 47.4 Å². The van der Waals surface area contributed by atoms with Crippen LogP contribution in [0.25, 0.3) is 0 Å². The van der Waals surface area contributed by atoms with E-state index in [9.17, 15) is 4.79 Å². The summed E-state index contributed by atoms with van der Waals surface area (Å²) in [6.45, 7) is 6.91. The van der Waals surface area contributed by atoms with E-state index < -0.39 is 0 Å². The zero-order chi connectivity index (χ0) is 17.6. The summed E-state index contributed by atoms with van der Waals surface area (Å²) in [6, 6.07) is 11.0. The molecule has 0 saturated carbocycles. The molecule has 0 spiro atoms. The number of fused-ring (bicyclic) bond motifs is 1. The molecule has 2 fully saturated rings. The highest BCUT2D eigenvalue weighted by Gasteiger charge is 2.47. The van der Waals surface area contributed by atoms with Crippen molar-refractivity contribution in [1.82, 2.24) is 14.8 Å². The van der Waals surface area contributed by atoms with Gasteiger partial charge in [-0.2, -0.15) is 0 Å². The van der Waals surface area contributed by atoms with Crippen LogP contribution in [0.1, 0.15) is 33.1 Å². The van der Waals surface area contributed by atoms with Crippen LogP contribution in [0.3, 0.4) is 0 Å². The molecule has 25 heavy (non-hydrogen) atoms. The average molecular weight is 335 g/mol.